The first-order valence-corrected chi connectivity index (χ1v) is 11.7. The Morgan fingerprint density at radius 1 is 1.19 bits per heavy atom. The number of fused-ring (bicyclic) bond motifs is 1. The largest absolute Gasteiger partial charge is 0.419 e. The lowest BCUT2D eigenvalue weighted by molar-refractivity contribution is 0.286. The van der Waals surface area contributed by atoms with Crippen LogP contribution in [0, 0.1) is 0 Å². The van der Waals surface area contributed by atoms with Gasteiger partial charge in [0.25, 0.3) is 5.89 Å². The Morgan fingerprint density at radius 2 is 2.06 bits per heavy atom. The number of aryl methyl sites for hydroxylation is 1. The second-order valence-corrected chi connectivity index (χ2v) is 9.50. The van der Waals surface area contributed by atoms with Gasteiger partial charge in [-0.3, -0.25) is 9.67 Å². The van der Waals surface area contributed by atoms with Crippen LogP contribution in [0.15, 0.2) is 58.2 Å². The first kappa shape index (κ1) is 19.8. The Balaban J connectivity index is 1.41. The van der Waals surface area contributed by atoms with Crippen molar-refractivity contribution < 1.29 is 12.8 Å². The SMILES string of the molecule is CCn1cc(S(=O)(=O)N2CCC[C@H](c3nnc(-c4nccc5ccccc45)o3)C2)cn1. The van der Waals surface area contributed by atoms with Crippen molar-refractivity contribution in [1.29, 1.82) is 0 Å². The smallest absolute Gasteiger partial charge is 0.266 e. The van der Waals surface area contributed by atoms with Gasteiger partial charge in [-0.1, -0.05) is 24.3 Å². The Morgan fingerprint density at radius 3 is 2.90 bits per heavy atom. The zero-order valence-electron chi connectivity index (χ0n) is 17.0. The van der Waals surface area contributed by atoms with Crippen LogP contribution < -0.4 is 0 Å². The van der Waals surface area contributed by atoms with Crippen molar-refractivity contribution in [2.24, 2.45) is 0 Å². The molecule has 9 nitrogen and oxygen atoms in total. The minimum absolute atomic E-state index is 0.166. The van der Waals surface area contributed by atoms with Gasteiger partial charge >= 0.3 is 0 Å². The van der Waals surface area contributed by atoms with E-state index in [-0.39, 0.29) is 10.8 Å². The van der Waals surface area contributed by atoms with Crippen LogP contribution in [0.4, 0.5) is 0 Å². The molecule has 4 aromatic rings. The molecule has 160 valence electrons. The molecule has 1 aliphatic rings. The Bertz CT molecular complexity index is 1320. The van der Waals surface area contributed by atoms with E-state index in [2.05, 4.69) is 20.3 Å². The molecule has 31 heavy (non-hydrogen) atoms. The van der Waals surface area contributed by atoms with Gasteiger partial charge in [-0.2, -0.15) is 9.40 Å². The van der Waals surface area contributed by atoms with Gasteiger partial charge in [-0.05, 0) is 31.2 Å². The molecule has 1 fully saturated rings. The highest BCUT2D eigenvalue weighted by atomic mass is 32.2. The normalized spacial score (nSPS) is 17.9. The number of hydrogen-bond donors (Lipinski definition) is 0. The van der Waals surface area contributed by atoms with Gasteiger partial charge < -0.3 is 4.42 Å². The van der Waals surface area contributed by atoms with Crippen molar-refractivity contribution in [3.63, 3.8) is 0 Å². The molecule has 1 aliphatic heterocycles. The Hall–Kier alpha value is -3.11. The fraction of sp³-hybridized carbons (Fsp3) is 0.333. The summed E-state index contributed by atoms with van der Waals surface area (Å²) in [7, 11) is -3.62. The standard InChI is InChI=1S/C21H22N6O3S/c1-2-26-14-17(12-23-26)31(28,29)27-11-5-7-16(13-27)20-24-25-21(30-20)19-18-8-4-3-6-15(18)9-10-22-19/h3-4,6,8-10,12,14,16H,2,5,7,11,13H2,1H3/t16-/m0/s1. The number of nitrogens with zero attached hydrogens (tertiary/aromatic N) is 6. The molecule has 0 bridgehead atoms. The molecular weight excluding hydrogens is 416 g/mol. The summed E-state index contributed by atoms with van der Waals surface area (Å²) in [4.78, 5) is 4.64. The van der Waals surface area contributed by atoms with Gasteiger partial charge in [0, 0.05) is 37.4 Å². The van der Waals surface area contributed by atoms with Gasteiger partial charge in [0.05, 0.1) is 12.1 Å². The van der Waals surface area contributed by atoms with Crippen molar-refractivity contribution in [2.75, 3.05) is 13.1 Å². The predicted molar refractivity (Wildman–Crippen MR) is 114 cm³/mol. The molecule has 0 aliphatic carbocycles. The van der Waals surface area contributed by atoms with Crippen molar-refractivity contribution >= 4 is 20.8 Å². The lowest BCUT2D eigenvalue weighted by atomic mass is 10.00. The van der Waals surface area contributed by atoms with Crippen molar-refractivity contribution in [1.82, 2.24) is 29.3 Å². The van der Waals surface area contributed by atoms with Gasteiger partial charge in [-0.15, -0.1) is 10.2 Å². The van der Waals surface area contributed by atoms with Gasteiger partial charge in [-0.25, -0.2) is 8.42 Å². The summed E-state index contributed by atoms with van der Waals surface area (Å²) in [5, 5.41) is 14.5. The van der Waals surface area contributed by atoms with E-state index in [1.54, 1.807) is 17.1 Å². The summed E-state index contributed by atoms with van der Waals surface area (Å²) in [6, 6.07) is 9.80. The molecule has 0 saturated carbocycles. The van der Waals surface area contributed by atoms with Crippen LogP contribution in [0.25, 0.3) is 22.4 Å². The third kappa shape index (κ3) is 3.61. The molecule has 5 rings (SSSR count). The van der Waals surface area contributed by atoms with Crippen LogP contribution in [-0.4, -0.2) is 50.8 Å². The minimum Gasteiger partial charge on any atom is -0.419 e. The first-order valence-electron chi connectivity index (χ1n) is 10.3. The second-order valence-electron chi connectivity index (χ2n) is 7.56. The Labute approximate surface area is 179 Å². The maximum absolute atomic E-state index is 13.1. The van der Waals surface area contributed by atoms with E-state index in [4.69, 9.17) is 4.42 Å². The second kappa shape index (κ2) is 7.86. The summed E-state index contributed by atoms with van der Waals surface area (Å²) in [5.41, 5.74) is 0.629. The molecule has 0 amide bonds. The van der Waals surface area contributed by atoms with E-state index < -0.39 is 10.0 Å². The summed E-state index contributed by atoms with van der Waals surface area (Å²) in [6.07, 6.45) is 6.18. The molecule has 1 atom stereocenters. The van der Waals surface area contributed by atoms with Crippen LogP contribution >= 0.6 is 0 Å². The zero-order chi connectivity index (χ0) is 21.4. The van der Waals surface area contributed by atoms with Crippen molar-refractivity contribution in [2.45, 2.75) is 37.1 Å². The molecule has 0 unspecified atom stereocenters. The summed E-state index contributed by atoms with van der Waals surface area (Å²) in [6.45, 7) is 3.29. The third-order valence-corrected chi connectivity index (χ3v) is 7.44. The van der Waals surface area contributed by atoms with E-state index >= 15 is 0 Å². The number of sulfonamides is 1. The zero-order valence-corrected chi connectivity index (χ0v) is 17.9. The highest BCUT2D eigenvalue weighted by Crippen LogP contribution is 2.32. The number of aromatic nitrogens is 5. The van der Waals surface area contributed by atoms with Gasteiger partial charge in [0.1, 0.15) is 10.6 Å². The van der Waals surface area contributed by atoms with Crippen molar-refractivity contribution in [3.05, 3.63) is 54.8 Å². The van der Waals surface area contributed by atoms with E-state index in [1.807, 2.05) is 37.3 Å². The molecule has 4 heterocycles. The van der Waals surface area contributed by atoms with E-state index in [1.165, 1.54) is 10.5 Å². The highest BCUT2D eigenvalue weighted by Gasteiger charge is 2.34. The molecule has 10 heteroatoms. The summed E-state index contributed by atoms with van der Waals surface area (Å²) in [5.74, 6) is 0.617. The fourth-order valence-corrected chi connectivity index (χ4v) is 5.43. The number of benzene rings is 1. The average molecular weight is 439 g/mol. The van der Waals surface area contributed by atoms with E-state index in [9.17, 15) is 8.42 Å². The number of piperidine rings is 1. The minimum atomic E-state index is -3.62. The molecule has 3 aromatic heterocycles. The molecule has 1 aromatic carbocycles. The van der Waals surface area contributed by atoms with Gasteiger partial charge in [0.15, 0.2) is 0 Å². The number of hydrogen-bond acceptors (Lipinski definition) is 7. The van der Waals surface area contributed by atoms with Crippen molar-refractivity contribution in [3.8, 4) is 11.6 Å². The molecule has 1 saturated heterocycles. The first-order chi connectivity index (χ1) is 15.1. The molecule has 0 N–H and O–H groups in total. The maximum Gasteiger partial charge on any atom is 0.266 e. The molecular formula is C21H22N6O3S. The quantitative estimate of drug-likeness (QED) is 0.471. The monoisotopic (exact) mass is 438 g/mol. The predicted octanol–water partition coefficient (Wildman–Crippen LogP) is 3.07. The van der Waals surface area contributed by atoms with Crippen LogP contribution in [0.1, 0.15) is 31.6 Å². The van der Waals surface area contributed by atoms with E-state index in [0.29, 0.717) is 37.1 Å². The van der Waals surface area contributed by atoms with Gasteiger partial charge in [0.2, 0.25) is 15.9 Å². The summed E-state index contributed by atoms with van der Waals surface area (Å²) >= 11 is 0. The third-order valence-electron chi connectivity index (χ3n) is 5.62. The number of rotatable bonds is 5. The summed E-state index contributed by atoms with van der Waals surface area (Å²) < 4.78 is 35.2. The average Bonchev–Trinajstić information content (AvgIpc) is 3.49. The number of pyridine rings is 1. The maximum atomic E-state index is 13.1. The van der Waals surface area contributed by atoms with E-state index in [0.717, 1.165) is 23.6 Å². The van der Waals surface area contributed by atoms with Crippen LogP contribution in [-0.2, 0) is 16.6 Å². The molecule has 0 spiro atoms. The van der Waals surface area contributed by atoms with Crippen LogP contribution in [0.2, 0.25) is 0 Å². The fourth-order valence-electron chi connectivity index (χ4n) is 3.95. The van der Waals surface area contributed by atoms with Crippen LogP contribution in [0.3, 0.4) is 0 Å². The van der Waals surface area contributed by atoms with Crippen LogP contribution in [0.5, 0.6) is 0 Å². The lowest BCUT2D eigenvalue weighted by Crippen LogP contribution is -2.39. The highest BCUT2D eigenvalue weighted by molar-refractivity contribution is 7.89. The molecule has 0 radical (unpaired) electrons. The lowest BCUT2D eigenvalue weighted by Gasteiger charge is -2.29. The topological polar surface area (TPSA) is 107 Å². The Kier molecular flexibility index (Phi) is 5.03.